The molecule has 0 aliphatic heterocycles. The van der Waals surface area contributed by atoms with Crippen LogP contribution in [-0.4, -0.2) is 28.5 Å². The fourth-order valence-electron chi connectivity index (χ4n) is 1.02. The molecule has 0 bridgehead atoms. The fourth-order valence-corrected chi connectivity index (χ4v) is 1.69. The first-order valence-electron chi connectivity index (χ1n) is 4.53. The Morgan fingerprint density at radius 2 is 2.36 bits per heavy atom. The highest BCUT2D eigenvalue weighted by Crippen LogP contribution is 2.15. The van der Waals surface area contributed by atoms with Gasteiger partial charge in [-0.1, -0.05) is 11.6 Å². The Hall–Kier alpha value is -0.480. The van der Waals surface area contributed by atoms with Gasteiger partial charge in [0.15, 0.2) is 0 Å². The molecule has 0 unspecified atom stereocenters. The summed E-state index contributed by atoms with van der Waals surface area (Å²) in [6.45, 7) is 0.914. The smallest absolute Gasteiger partial charge is 0.148 e. The van der Waals surface area contributed by atoms with Crippen molar-refractivity contribution in [2.24, 2.45) is 0 Å². The number of hydrogen-bond acceptors (Lipinski definition) is 4. The van der Waals surface area contributed by atoms with Gasteiger partial charge in [-0.3, -0.25) is 0 Å². The van der Waals surface area contributed by atoms with E-state index in [0.717, 1.165) is 18.8 Å². The molecule has 0 aliphatic carbocycles. The van der Waals surface area contributed by atoms with E-state index in [1.165, 1.54) is 18.5 Å². The van der Waals surface area contributed by atoms with Crippen molar-refractivity contribution in [2.45, 2.75) is 12.8 Å². The van der Waals surface area contributed by atoms with Crippen molar-refractivity contribution >= 4 is 29.2 Å². The molecule has 0 amide bonds. The normalized spacial score (nSPS) is 10.1. The largest absolute Gasteiger partial charge is 0.369 e. The summed E-state index contributed by atoms with van der Waals surface area (Å²) < 4.78 is 0. The van der Waals surface area contributed by atoms with Gasteiger partial charge in [-0.25, -0.2) is 9.97 Å². The van der Waals surface area contributed by atoms with Crippen LogP contribution < -0.4 is 5.32 Å². The molecule has 5 heteroatoms. The fraction of sp³-hybridized carbons (Fsp3) is 0.556. The van der Waals surface area contributed by atoms with Crippen LogP contribution in [0.1, 0.15) is 12.8 Å². The third-order valence-corrected chi connectivity index (χ3v) is 2.71. The minimum absolute atomic E-state index is 0.581. The molecule has 3 nitrogen and oxygen atoms in total. The van der Waals surface area contributed by atoms with E-state index in [-0.39, 0.29) is 0 Å². The average Bonchev–Trinajstić information content (AvgIpc) is 2.20. The maximum Gasteiger partial charge on any atom is 0.148 e. The van der Waals surface area contributed by atoms with Crippen molar-refractivity contribution in [1.29, 1.82) is 0 Å². The summed E-state index contributed by atoms with van der Waals surface area (Å²) >= 11 is 7.74. The molecule has 1 aromatic rings. The molecule has 1 rings (SSSR count). The van der Waals surface area contributed by atoms with Gasteiger partial charge in [0.1, 0.15) is 17.2 Å². The van der Waals surface area contributed by atoms with Gasteiger partial charge in [-0.15, -0.1) is 0 Å². The molecule has 0 aliphatic rings. The Kier molecular flexibility index (Phi) is 5.71. The molecule has 0 atom stereocenters. The van der Waals surface area contributed by atoms with Crippen molar-refractivity contribution in [1.82, 2.24) is 9.97 Å². The first kappa shape index (κ1) is 11.6. The molecular weight excluding hydrogens is 218 g/mol. The van der Waals surface area contributed by atoms with E-state index in [2.05, 4.69) is 21.5 Å². The lowest BCUT2D eigenvalue weighted by molar-refractivity contribution is 0.839. The SMILES string of the molecule is CSCCCCNc1ncncc1Cl. The molecule has 0 aromatic carbocycles. The number of aromatic nitrogens is 2. The Labute approximate surface area is 93.7 Å². The number of unbranched alkanes of at least 4 members (excludes halogenated alkanes) is 1. The number of halogens is 1. The topological polar surface area (TPSA) is 37.8 Å². The van der Waals surface area contributed by atoms with Crippen molar-refractivity contribution < 1.29 is 0 Å². The lowest BCUT2D eigenvalue weighted by Gasteiger charge is -2.05. The van der Waals surface area contributed by atoms with Crippen LogP contribution in [0, 0.1) is 0 Å². The monoisotopic (exact) mass is 231 g/mol. The second-order valence-electron chi connectivity index (χ2n) is 2.85. The second kappa shape index (κ2) is 6.90. The third-order valence-electron chi connectivity index (χ3n) is 1.74. The maximum atomic E-state index is 5.87. The molecule has 14 heavy (non-hydrogen) atoms. The highest BCUT2D eigenvalue weighted by atomic mass is 35.5. The van der Waals surface area contributed by atoms with Crippen LogP contribution in [0.5, 0.6) is 0 Å². The highest BCUT2D eigenvalue weighted by molar-refractivity contribution is 7.98. The van der Waals surface area contributed by atoms with Gasteiger partial charge < -0.3 is 5.32 Å². The molecule has 1 heterocycles. The van der Waals surface area contributed by atoms with Gasteiger partial charge in [-0.2, -0.15) is 11.8 Å². The standard InChI is InChI=1S/C9H14ClN3S/c1-14-5-3-2-4-12-9-8(10)6-11-7-13-9/h6-7H,2-5H2,1H3,(H,11,12,13). The number of nitrogens with one attached hydrogen (secondary N) is 1. The molecule has 0 radical (unpaired) electrons. The molecule has 0 fully saturated rings. The first-order chi connectivity index (χ1) is 6.84. The minimum atomic E-state index is 0.581. The van der Waals surface area contributed by atoms with E-state index in [9.17, 15) is 0 Å². The van der Waals surface area contributed by atoms with E-state index in [4.69, 9.17) is 11.6 Å². The quantitative estimate of drug-likeness (QED) is 0.764. The lowest BCUT2D eigenvalue weighted by atomic mass is 10.3. The highest BCUT2D eigenvalue weighted by Gasteiger charge is 1.98. The summed E-state index contributed by atoms with van der Waals surface area (Å²) in [5, 5.41) is 3.76. The predicted molar refractivity (Wildman–Crippen MR) is 63.1 cm³/mol. The number of nitrogens with zero attached hydrogens (tertiary/aromatic N) is 2. The van der Waals surface area contributed by atoms with Gasteiger partial charge >= 0.3 is 0 Å². The zero-order chi connectivity index (χ0) is 10.2. The van der Waals surface area contributed by atoms with E-state index in [1.807, 2.05) is 11.8 Å². The number of thioether (sulfide) groups is 1. The van der Waals surface area contributed by atoms with Gasteiger partial charge in [0, 0.05) is 6.54 Å². The predicted octanol–water partition coefficient (Wildman–Crippen LogP) is 2.69. The molecule has 78 valence electrons. The second-order valence-corrected chi connectivity index (χ2v) is 4.24. The Balaban J connectivity index is 2.21. The lowest BCUT2D eigenvalue weighted by Crippen LogP contribution is -2.04. The molecule has 1 N–H and O–H groups in total. The van der Waals surface area contributed by atoms with Gasteiger partial charge in [0.05, 0.1) is 6.20 Å². The summed E-state index contributed by atoms with van der Waals surface area (Å²) in [7, 11) is 0. The maximum absolute atomic E-state index is 5.87. The van der Waals surface area contributed by atoms with Crippen molar-refractivity contribution in [3.8, 4) is 0 Å². The van der Waals surface area contributed by atoms with Crippen LogP contribution in [0.25, 0.3) is 0 Å². The number of hydrogen-bond donors (Lipinski definition) is 1. The van der Waals surface area contributed by atoms with Crippen LogP contribution in [0.2, 0.25) is 5.02 Å². The van der Waals surface area contributed by atoms with Crippen molar-refractivity contribution in [3.05, 3.63) is 17.5 Å². The molecule has 1 aromatic heterocycles. The Bertz CT molecular complexity index is 270. The summed E-state index contributed by atoms with van der Waals surface area (Å²) in [5.41, 5.74) is 0. The first-order valence-corrected chi connectivity index (χ1v) is 6.30. The van der Waals surface area contributed by atoms with Crippen molar-refractivity contribution in [3.63, 3.8) is 0 Å². The molecule has 0 spiro atoms. The summed E-state index contributed by atoms with van der Waals surface area (Å²) in [5.74, 6) is 1.94. The van der Waals surface area contributed by atoms with Crippen LogP contribution in [0.15, 0.2) is 12.5 Å². The Morgan fingerprint density at radius 1 is 1.50 bits per heavy atom. The average molecular weight is 232 g/mol. The van der Waals surface area contributed by atoms with Gasteiger partial charge in [0.2, 0.25) is 0 Å². The number of rotatable bonds is 6. The van der Waals surface area contributed by atoms with E-state index in [0.29, 0.717) is 5.02 Å². The van der Waals surface area contributed by atoms with Crippen LogP contribution in [0.4, 0.5) is 5.82 Å². The zero-order valence-electron chi connectivity index (χ0n) is 8.16. The van der Waals surface area contributed by atoms with E-state index < -0.39 is 0 Å². The molecule has 0 saturated heterocycles. The van der Waals surface area contributed by atoms with Crippen LogP contribution in [0.3, 0.4) is 0 Å². The van der Waals surface area contributed by atoms with E-state index in [1.54, 1.807) is 6.20 Å². The Morgan fingerprint density at radius 3 is 3.07 bits per heavy atom. The minimum Gasteiger partial charge on any atom is -0.369 e. The van der Waals surface area contributed by atoms with Crippen LogP contribution in [-0.2, 0) is 0 Å². The zero-order valence-corrected chi connectivity index (χ0v) is 9.74. The molecule has 0 saturated carbocycles. The summed E-state index contributed by atoms with van der Waals surface area (Å²) in [4.78, 5) is 7.85. The van der Waals surface area contributed by atoms with Gasteiger partial charge in [-0.05, 0) is 24.9 Å². The number of anilines is 1. The van der Waals surface area contributed by atoms with Gasteiger partial charge in [0.25, 0.3) is 0 Å². The van der Waals surface area contributed by atoms with Crippen molar-refractivity contribution in [2.75, 3.05) is 23.9 Å². The van der Waals surface area contributed by atoms with Crippen LogP contribution >= 0.6 is 23.4 Å². The summed E-state index contributed by atoms with van der Waals surface area (Å²) in [6.07, 6.45) is 7.57. The third kappa shape index (κ3) is 4.15. The molecular formula is C9H14ClN3S. The van der Waals surface area contributed by atoms with E-state index >= 15 is 0 Å². The summed E-state index contributed by atoms with van der Waals surface area (Å²) in [6, 6.07) is 0.